The first-order valence-electron chi connectivity index (χ1n) is 10.1. The van der Waals surface area contributed by atoms with Crippen molar-refractivity contribution in [3.05, 3.63) is 112 Å². The van der Waals surface area contributed by atoms with Crippen LogP contribution in [0.4, 0.5) is 10.1 Å². The Labute approximate surface area is 189 Å². The van der Waals surface area contributed by atoms with Crippen LogP contribution in [0.3, 0.4) is 0 Å². The second-order valence-electron chi connectivity index (χ2n) is 7.42. The normalized spacial score (nSPS) is 12.4. The van der Waals surface area contributed by atoms with E-state index < -0.39 is 0 Å². The number of halogens is 2. The first kappa shape index (κ1) is 20.2. The van der Waals surface area contributed by atoms with Gasteiger partial charge >= 0.3 is 0 Å². The lowest BCUT2D eigenvalue weighted by Crippen LogP contribution is -2.15. The Balaban J connectivity index is 1.67. The summed E-state index contributed by atoms with van der Waals surface area (Å²) in [5.74, 6) is -0.0690. The summed E-state index contributed by atoms with van der Waals surface area (Å²) >= 11 is 6.30. The zero-order chi connectivity index (χ0) is 22.2. The largest absolute Gasteiger partial charge is 0.321 e. The second kappa shape index (κ2) is 8.05. The molecule has 32 heavy (non-hydrogen) atoms. The minimum atomic E-state index is -0.374. The number of carbonyl (C=O) groups is 1. The van der Waals surface area contributed by atoms with E-state index in [0.29, 0.717) is 39.1 Å². The Bertz CT molecular complexity index is 1380. The van der Waals surface area contributed by atoms with Gasteiger partial charge in [0.2, 0.25) is 0 Å². The Morgan fingerprint density at radius 2 is 1.78 bits per heavy atom. The fourth-order valence-electron chi connectivity index (χ4n) is 3.95. The van der Waals surface area contributed by atoms with Crippen molar-refractivity contribution in [2.45, 2.75) is 13.5 Å². The van der Waals surface area contributed by atoms with E-state index in [4.69, 9.17) is 16.6 Å². The number of para-hydroxylation sites is 1. The minimum Gasteiger partial charge on any atom is -0.321 e. The van der Waals surface area contributed by atoms with E-state index in [-0.39, 0.29) is 24.0 Å². The van der Waals surface area contributed by atoms with E-state index in [2.05, 4.69) is 10.3 Å². The first-order valence-corrected chi connectivity index (χ1v) is 10.4. The molecule has 0 spiro atoms. The number of amides is 1. The number of hydrogen-bond acceptors (Lipinski definition) is 3. The lowest BCUT2D eigenvalue weighted by atomic mass is 10.00. The molecule has 2 heterocycles. The van der Waals surface area contributed by atoms with Gasteiger partial charge in [-0.25, -0.2) is 9.37 Å². The van der Waals surface area contributed by atoms with Crippen LogP contribution >= 0.6 is 11.6 Å². The molecular formula is C25H18ClFN4O. The molecule has 0 radical (unpaired) electrons. The van der Waals surface area contributed by atoms with Gasteiger partial charge in [0, 0.05) is 21.8 Å². The number of carbonyl (C=O) groups excluding carboxylic acids is 1. The molecule has 0 saturated carbocycles. The van der Waals surface area contributed by atoms with Crippen LogP contribution in [-0.2, 0) is 6.54 Å². The Hall–Kier alpha value is -3.77. The molecule has 0 aliphatic carbocycles. The number of nitrogens with zero attached hydrogens (tertiary/aromatic N) is 3. The number of aliphatic imine (C=N–C) groups is 1. The topological polar surface area (TPSA) is 59.3 Å². The van der Waals surface area contributed by atoms with Gasteiger partial charge in [0.1, 0.15) is 11.6 Å². The molecule has 4 aromatic rings. The lowest BCUT2D eigenvalue weighted by molar-refractivity contribution is 0.102. The maximum atomic E-state index is 14.7. The third-order valence-corrected chi connectivity index (χ3v) is 5.59. The van der Waals surface area contributed by atoms with Gasteiger partial charge in [0.15, 0.2) is 5.69 Å². The summed E-state index contributed by atoms with van der Waals surface area (Å²) in [5.41, 5.74) is 3.87. The SMILES string of the molecule is Cc1nc(C(=O)Nc2ccccc2)c2n1-c1ccc(Cl)cc1C(c1ccccc1F)=NC2. The number of nitrogens with one attached hydrogen (secondary N) is 1. The van der Waals surface area contributed by atoms with Crippen LogP contribution in [0.1, 0.15) is 33.1 Å². The molecule has 0 saturated heterocycles. The van der Waals surface area contributed by atoms with E-state index in [1.165, 1.54) is 6.07 Å². The van der Waals surface area contributed by atoms with Crippen molar-refractivity contribution >= 4 is 28.9 Å². The molecule has 1 aliphatic rings. The van der Waals surface area contributed by atoms with Gasteiger partial charge in [0.25, 0.3) is 5.91 Å². The molecule has 1 aliphatic heterocycles. The monoisotopic (exact) mass is 444 g/mol. The molecule has 5 rings (SSSR count). The van der Waals surface area contributed by atoms with Gasteiger partial charge in [-0.3, -0.25) is 14.4 Å². The van der Waals surface area contributed by atoms with Gasteiger partial charge < -0.3 is 5.32 Å². The summed E-state index contributed by atoms with van der Waals surface area (Å²) in [5, 5.41) is 3.39. The van der Waals surface area contributed by atoms with Gasteiger partial charge in [-0.1, -0.05) is 41.9 Å². The molecule has 0 atom stereocenters. The standard InChI is InChI=1S/C25H18ClFN4O/c1-15-29-24(25(32)30-17-7-3-2-4-8-17)22-14-28-23(18-9-5-6-10-20(18)27)19-13-16(26)11-12-21(19)31(15)22/h2-13H,14H2,1H3,(H,30,32). The van der Waals surface area contributed by atoms with Gasteiger partial charge in [-0.05, 0) is 49.4 Å². The maximum absolute atomic E-state index is 14.7. The molecule has 3 aromatic carbocycles. The quantitative estimate of drug-likeness (QED) is 0.448. The zero-order valence-electron chi connectivity index (χ0n) is 17.1. The summed E-state index contributed by atoms with van der Waals surface area (Å²) < 4.78 is 16.6. The predicted octanol–water partition coefficient (Wildman–Crippen LogP) is 5.58. The highest BCUT2D eigenvalue weighted by atomic mass is 35.5. The maximum Gasteiger partial charge on any atom is 0.276 e. The van der Waals surface area contributed by atoms with E-state index in [9.17, 15) is 9.18 Å². The van der Waals surface area contributed by atoms with Crippen molar-refractivity contribution in [2.24, 2.45) is 4.99 Å². The fraction of sp³-hybridized carbons (Fsp3) is 0.0800. The van der Waals surface area contributed by atoms with E-state index in [0.717, 1.165) is 5.69 Å². The molecule has 158 valence electrons. The molecule has 1 amide bonds. The van der Waals surface area contributed by atoms with E-state index in [1.807, 2.05) is 47.9 Å². The summed E-state index contributed by atoms with van der Waals surface area (Å²) in [4.78, 5) is 22.3. The smallest absolute Gasteiger partial charge is 0.276 e. The first-order chi connectivity index (χ1) is 15.5. The number of anilines is 1. The molecule has 0 fully saturated rings. The van der Waals surface area contributed by atoms with Gasteiger partial charge in [-0.2, -0.15) is 0 Å². The molecule has 1 aromatic heterocycles. The molecule has 1 N–H and O–H groups in total. The summed E-state index contributed by atoms with van der Waals surface area (Å²) in [6.45, 7) is 1.99. The number of hydrogen-bond donors (Lipinski definition) is 1. The third-order valence-electron chi connectivity index (χ3n) is 5.36. The van der Waals surface area contributed by atoms with Crippen molar-refractivity contribution in [1.29, 1.82) is 0 Å². The van der Waals surface area contributed by atoms with Crippen LogP contribution in [0.25, 0.3) is 5.69 Å². The number of aromatic nitrogens is 2. The molecule has 5 nitrogen and oxygen atoms in total. The number of benzene rings is 3. The highest BCUT2D eigenvalue weighted by Gasteiger charge is 2.27. The van der Waals surface area contributed by atoms with Crippen LogP contribution in [0.5, 0.6) is 0 Å². The fourth-order valence-corrected chi connectivity index (χ4v) is 4.12. The Kier molecular flexibility index (Phi) is 5.07. The van der Waals surface area contributed by atoms with Crippen LogP contribution in [0.2, 0.25) is 5.02 Å². The zero-order valence-corrected chi connectivity index (χ0v) is 17.9. The summed E-state index contributed by atoms with van der Waals surface area (Å²) in [7, 11) is 0. The van der Waals surface area contributed by atoms with Crippen LogP contribution in [0, 0.1) is 12.7 Å². The minimum absolute atomic E-state index is 0.161. The molecule has 0 unspecified atom stereocenters. The summed E-state index contributed by atoms with van der Waals surface area (Å²) in [6.07, 6.45) is 0. The average molecular weight is 445 g/mol. The third kappa shape index (κ3) is 3.48. The van der Waals surface area contributed by atoms with Crippen LogP contribution < -0.4 is 5.32 Å². The van der Waals surface area contributed by atoms with Crippen molar-refractivity contribution in [3.63, 3.8) is 0 Å². The number of fused-ring (bicyclic) bond motifs is 3. The Morgan fingerprint density at radius 1 is 1.03 bits per heavy atom. The van der Waals surface area contributed by atoms with E-state index in [1.54, 1.807) is 30.3 Å². The van der Waals surface area contributed by atoms with Gasteiger partial charge in [-0.15, -0.1) is 0 Å². The number of imidazole rings is 1. The molecular weight excluding hydrogens is 427 g/mol. The molecule has 0 bridgehead atoms. The highest BCUT2D eigenvalue weighted by molar-refractivity contribution is 6.31. The molecule has 7 heteroatoms. The van der Waals surface area contributed by atoms with E-state index >= 15 is 0 Å². The van der Waals surface area contributed by atoms with Crippen molar-refractivity contribution < 1.29 is 9.18 Å². The Morgan fingerprint density at radius 3 is 2.56 bits per heavy atom. The van der Waals surface area contributed by atoms with Crippen molar-refractivity contribution in [2.75, 3.05) is 5.32 Å². The van der Waals surface area contributed by atoms with Gasteiger partial charge in [0.05, 0.1) is 23.6 Å². The predicted molar refractivity (Wildman–Crippen MR) is 123 cm³/mol. The average Bonchev–Trinajstić information content (AvgIpc) is 3.02. The number of rotatable bonds is 3. The highest BCUT2D eigenvalue weighted by Crippen LogP contribution is 2.31. The second-order valence-corrected chi connectivity index (χ2v) is 7.85. The van der Waals surface area contributed by atoms with Crippen molar-refractivity contribution in [3.8, 4) is 5.69 Å². The van der Waals surface area contributed by atoms with Crippen LogP contribution in [0.15, 0.2) is 77.8 Å². The summed E-state index contributed by atoms with van der Waals surface area (Å²) in [6, 6.07) is 21.1. The number of aryl methyl sites for hydroxylation is 1. The lowest BCUT2D eigenvalue weighted by Gasteiger charge is -2.14. The van der Waals surface area contributed by atoms with Crippen LogP contribution in [-0.4, -0.2) is 21.2 Å². The van der Waals surface area contributed by atoms with Crippen molar-refractivity contribution in [1.82, 2.24) is 9.55 Å².